The molecule has 7 heteroatoms. The maximum absolute atomic E-state index is 13.5. The van der Waals surface area contributed by atoms with Gasteiger partial charge in [0.15, 0.2) is 6.61 Å². The standard InChI is InChI=1S/C33H26ClN3O3/c34-26-13-16-29(17-14-26)40-22-32(38)37-21-28-15-18-31(36(28)20-25-9-4-5-12-30(25)37)33(39)35-27-11-6-10-24(19-27)23-7-2-1-3-8-23/h1-19H,20-22H2,(H,35,39). The van der Waals surface area contributed by atoms with E-state index >= 15 is 0 Å². The molecule has 0 saturated carbocycles. The van der Waals surface area contributed by atoms with E-state index in [9.17, 15) is 9.59 Å². The van der Waals surface area contributed by atoms with Crippen molar-refractivity contribution < 1.29 is 14.3 Å². The molecule has 2 amide bonds. The smallest absolute Gasteiger partial charge is 0.272 e. The minimum atomic E-state index is -0.209. The molecule has 6 nitrogen and oxygen atoms in total. The molecule has 40 heavy (non-hydrogen) atoms. The Balaban J connectivity index is 1.24. The number of ether oxygens (including phenoxy) is 1. The highest BCUT2D eigenvalue weighted by atomic mass is 35.5. The number of aromatic nitrogens is 1. The number of fused-ring (bicyclic) bond motifs is 2. The monoisotopic (exact) mass is 547 g/mol. The minimum Gasteiger partial charge on any atom is -0.484 e. The molecule has 0 fully saturated rings. The summed E-state index contributed by atoms with van der Waals surface area (Å²) in [6.07, 6.45) is 0. The van der Waals surface area contributed by atoms with Crippen LogP contribution in [-0.4, -0.2) is 23.0 Å². The molecule has 0 spiro atoms. The number of carbonyl (C=O) groups is 2. The normalized spacial score (nSPS) is 12.2. The van der Waals surface area contributed by atoms with E-state index in [1.807, 2.05) is 95.6 Å². The summed E-state index contributed by atoms with van der Waals surface area (Å²) in [5.74, 6) is 0.181. The Bertz CT molecular complexity index is 1680. The molecule has 4 aromatic carbocycles. The van der Waals surface area contributed by atoms with Crippen molar-refractivity contribution in [3.05, 3.63) is 137 Å². The van der Waals surface area contributed by atoms with Gasteiger partial charge in [-0.1, -0.05) is 72.3 Å². The lowest BCUT2D eigenvalue weighted by molar-refractivity contribution is -0.120. The molecule has 0 aliphatic carbocycles. The molecule has 198 valence electrons. The van der Waals surface area contributed by atoms with E-state index in [2.05, 4.69) is 5.32 Å². The Kier molecular flexibility index (Phi) is 7.08. The Morgan fingerprint density at radius 2 is 1.52 bits per heavy atom. The van der Waals surface area contributed by atoms with E-state index < -0.39 is 0 Å². The second kappa shape index (κ2) is 11.1. The Labute approximate surface area is 237 Å². The molecule has 0 bridgehead atoms. The average molecular weight is 548 g/mol. The van der Waals surface area contributed by atoms with Crippen LogP contribution in [0, 0.1) is 0 Å². The molecule has 0 atom stereocenters. The highest BCUT2D eigenvalue weighted by Crippen LogP contribution is 2.30. The molecule has 0 radical (unpaired) electrons. The van der Waals surface area contributed by atoms with Crippen molar-refractivity contribution in [2.75, 3.05) is 16.8 Å². The average Bonchev–Trinajstić information content (AvgIpc) is 3.30. The first-order valence-electron chi connectivity index (χ1n) is 13.0. The van der Waals surface area contributed by atoms with Crippen LogP contribution in [0.1, 0.15) is 21.7 Å². The summed E-state index contributed by atoms with van der Waals surface area (Å²) in [6, 6.07) is 36.2. The number of nitrogens with one attached hydrogen (secondary N) is 1. The third-order valence-corrected chi connectivity index (χ3v) is 7.19. The van der Waals surface area contributed by atoms with Gasteiger partial charge in [-0.2, -0.15) is 0 Å². The third kappa shape index (κ3) is 5.35. The number of nitrogens with zero attached hydrogens (tertiary/aromatic N) is 2. The predicted molar refractivity (Wildman–Crippen MR) is 158 cm³/mol. The van der Waals surface area contributed by atoms with Crippen molar-refractivity contribution in [3.63, 3.8) is 0 Å². The quantitative estimate of drug-likeness (QED) is 0.248. The zero-order chi connectivity index (χ0) is 27.5. The molecule has 6 rings (SSSR count). The SMILES string of the molecule is O=C(Nc1cccc(-c2ccccc2)c1)c1ccc2n1Cc1ccccc1N(C(=O)COc1ccc(Cl)cc1)C2. The van der Waals surface area contributed by atoms with Gasteiger partial charge < -0.3 is 19.5 Å². The van der Waals surface area contributed by atoms with Crippen molar-refractivity contribution in [2.24, 2.45) is 0 Å². The third-order valence-electron chi connectivity index (χ3n) is 6.94. The van der Waals surface area contributed by atoms with E-state index in [0.29, 0.717) is 35.2 Å². The molecule has 2 heterocycles. The summed E-state index contributed by atoms with van der Waals surface area (Å²) >= 11 is 5.96. The van der Waals surface area contributed by atoms with Crippen LogP contribution in [0.5, 0.6) is 5.75 Å². The van der Waals surface area contributed by atoms with E-state index in [-0.39, 0.29) is 18.4 Å². The largest absolute Gasteiger partial charge is 0.484 e. The lowest BCUT2D eigenvalue weighted by Crippen LogP contribution is -2.34. The van der Waals surface area contributed by atoms with Crippen LogP contribution in [0.25, 0.3) is 11.1 Å². The molecule has 1 aromatic heterocycles. The second-order valence-electron chi connectivity index (χ2n) is 9.55. The lowest BCUT2D eigenvalue weighted by Gasteiger charge is -2.22. The van der Waals surface area contributed by atoms with Gasteiger partial charge in [-0.15, -0.1) is 0 Å². The van der Waals surface area contributed by atoms with Crippen molar-refractivity contribution >= 4 is 34.8 Å². The second-order valence-corrected chi connectivity index (χ2v) is 9.98. The molecular weight excluding hydrogens is 522 g/mol. The number of carbonyl (C=O) groups excluding carboxylic acids is 2. The summed E-state index contributed by atoms with van der Waals surface area (Å²) in [5.41, 5.74) is 5.95. The van der Waals surface area contributed by atoms with Crippen molar-refractivity contribution in [3.8, 4) is 16.9 Å². The van der Waals surface area contributed by atoms with Gasteiger partial charge in [0.2, 0.25) is 0 Å². The van der Waals surface area contributed by atoms with Crippen LogP contribution in [-0.2, 0) is 17.9 Å². The topological polar surface area (TPSA) is 63.6 Å². The van der Waals surface area contributed by atoms with Gasteiger partial charge >= 0.3 is 0 Å². The number of benzene rings is 4. The summed E-state index contributed by atoms with van der Waals surface area (Å²) in [6.45, 7) is 0.658. The van der Waals surface area contributed by atoms with Crippen LogP contribution in [0.4, 0.5) is 11.4 Å². The van der Waals surface area contributed by atoms with Crippen LogP contribution in [0.2, 0.25) is 5.02 Å². The van der Waals surface area contributed by atoms with Crippen LogP contribution < -0.4 is 15.0 Å². The van der Waals surface area contributed by atoms with Gasteiger partial charge in [-0.25, -0.2) is 0 Å². The van der Waals surface area contributed by atoms with E-state index in [1.54, 1.807) is 29.2 Å². The summed E-state index contributed by atoms with van der Waals surface area (Å²) < 4.78 is 7.73. The molecule has 1 N–H and O–H groups in total. The first kappa shape index (κ1) is 25.5. The van der Waals surface area contributed by atoms with Gasteiger partial charge in [-0.05, 0) is 71.3 Å². The highest BCUT2D eigenvalue weighted by molar-refractivity contribution is 6.30. The van der Waals surface area contributed by atoms with Gasteiger partial charge in [0, 0.05) is 22.1 Å². The molecule has 0 saturated heterocycles. The first-order valence-corrected chi connectivity index (χ1v) is 13.3. The van der Waals surface area contributed by atoms with Gasteiger partial charge in [-0.3, -0.25) is 9.59 Å². The summed E-state index contributed by atoms with van der Waals surface area (Å²) in [7, 11) is 0. The number of anilines is 2. The van der Waals surface area contributed by atoms with Crippen molar-refractivity contribution in [2.45, 2.75) is 13.1 Å². The molecule has 1 aliphatic rings. The number of amides is 2. The number of halogens is 1. The fourth-order valence-corrected chi connectivity index (χ4v) is 5.06. The Morgan fingerprint density at radius 1 is 0.775 bits per heavy atom. The maximum atomic E-state index is 13.5. The highest BCUT2D eigenvalue weighted by Gasteiger charge is 2.27. The van der Waals surface area contributed by atoms with Gasteiger partial charge in [0.05, 0.1) is 13.1 Å². The summed E-state index contributed by atoms with van der Waals surface area (Å²) in [4.78, 5) is 28.6. The van der Waals surface area contributed by atoms with Crippen LogP contribution in [0.15, 0.2) is 115 Å². The molecular formula is C33H26ClN3O3. The lowest BCUT2D eigenvalue weighted by atomic mass is 10.1. The fourth-order valence-electron chi connectivity index (χ4n) is 4.94. The van der Waals surface area contributed by atoms with Crippen LogP contribution in [0.3, 0.4) is 0 Å². The first-order chi connectivity index (χ1) is 19.5. The maximum Gasteiger partial charge on any atom is 0.272 e. The molecule has 1 aliphatic heterocycles. The zero-order valence-electron chi connectivity index (χ0n) is 21.6. The zero-order valence-corrected chi connectivity index (χ0v) is 22.3. The van der Waals surface area contributed by atoms with Crippen LogP contribution >= 0.6 is 11.6 Å². The Morgan fingerprint density at radius 3 is 2.35 bits per heavy atom. The number of hydrogen-bond donors (Lipinski definition) is 1. The van der Waals surface area contributed by atoms with E-state index in [0.717, 1.165) is 28.1 Å². The predicted octanol–water partition coefficient (Wildman–Crippen LogP) is 7.03. The number of rotatable bonds is 6. The molecule has 5 aromatic rings. The summed E-state index contributed by atoms with van der Waals surface area (Å²) in [5, 5.41) is 3.66. The Hall–Kier alpha value is -4.81. The number of hydrogen-bond acceptors (Lipinski definition) is 3. The van der Waals surface area contributed by atoms with E-state index in [4.69, 9.17) is 16.3 Å². The van der Waals surface area contributed by atoms with Gasteiger partial charge in [0.25, 0.3) is 11.8 Å². The number of para-hydroxylation sites is 1. The molecule has 0 unspecified atom stereocenters. The van der Waals surface area contributed by atoms with Crippen molar-refractivity contribution in [1.82, 2.24) is 4.57 Å². The van der Waals surface area contributed by atoms with E-state index in [1.165, 1.54) is 0 Å². The van der Waals surface area contributed by atoms with Crippen molar-refractivity contribution in [1.29, 1.82) is 0 Å². The fraction of sp³-hybridized carbons (Fsp3) is 0.0909. The van der Waals surface area contributed by atoms with Gasteiger partial charge in [0.1, 0.15) is 11.4 Å². The minimum absolute atomic E-state index is 0.123.